The normalized spacial score (nSPS) is 25.7. The number of hydrogen-bond donors (Lipinski definition) is 2. The molecule has 23 heavy (non-hydrogen) atoms. The smallest absolute Gasteiger partial charge is 0.251 e. The Balaban J connectivity index is 1.54. The number of anilines is 1. The molecule has 0 spiro atoms. The Morgan fingerprint density at radius 1 is 1.39 bits per heavy atom. The third kappa shape index (κ3) is 2.49. The van der Waals surface area contributed by atoms with Gasteiger partial charge in [0.1, 0.15) is 5.58 Å². The van der Waals surface area contributed by atoms with Crippen molar-refractivity contribution in [3.63, 3.8) is 0 Å². The van der Waals surface area contributed by atoms with E-state index in [1.165, 1.54) is 11.3 Å². The standard InChI is InChI=1S/C17H19N3O3/c1-20(9-21)16-7-11-6-10(2-5-15(11)23-16)17(22)19-14-8-12-3-4-13(14)18-12/h2,5-7,9,12-14,18H,3-4,8H2,1H3,(H,19,22)/t12-,13+,14-/m1/s1. The number of nitrogens with zero attached hydrogens (tertiary/aromatic N) is 1. The lowest BCUT2D eigenvalue weighted by atomic mass is 9.95. The largest absolute Gasteiger partial charge is 0.440 e. The number of amides is 2. The fraction of sp³-hybridized carbons (Fsp3) is 0.412. The summed E-state index contributed by atoms with van der Waals surface area (Å²) in [4.78, 5) is 24.7. The number of hydrogen-bond acceptors (Lipinski definition) is 4. The van der Waals surface area contributed by atoms with E-state index in [1.54, 1.807) is 31.3 Å². The summed E-state index contributed by atoms with van der Waals surface area (Å²) in [6.07, 6.45) is 4.05. The maximum Gasteiger partial charge on any atom is 0.251 e. The van der Waals surface area contributed by atoms with E-state index in [-0.39, 0.29) is 11.9 Å². The molecule has 1 aromatic heterocycles. The van der Waals surface area contributed by atoms with Crippen molar-refractivity contribution in [1.29, 1.82) is 0 Å². The summed E-state index contributed by atoms with van der Waals surface area (Å²) in [5.41, 5.74) is 1.27. The molecular formula is C17H19N3O3. The Labute approximate surface area is 133 Å². The molecule has 6 heteroatoms. The average molecular weight is 313 g/mol. The Bertz CT molecular complexity index is 770. The molecule has 2 bridgehead atoms. The quantitative estimate of drug-likeness (QED) is 0.842. The van der Waals surface area contributed by atoms with Crippen LogP contribution in [-0.2, 0) is 4.79 Å². The van der Waals surface area contributed by atoms with Gasteiger partial charge < -0.3 is 15.1 Å². The van der Waals surface area contributed by atoms with E-state index >= 15 is 0 Å². The first kappa shape index (κ1) is 14.3. The van der Waals surface area contributed by atoms with Gasteiger partial charge in [-0.3, -0.25) is 14.5 Å². The molecule has 1 aromatic carbocycles. The van der Waals surface area contributed by atoms with Gasteiger partial charge in [-0.15, -0.1) is 0 Å². The minimum Gasteiger partial charge on any atom is -0.440 e. The van der Waals surface area contributed by atoms with Crippen molar-refractivity contribution < 1.29 is 14.0 Å². The van der Waals surface area contributed by atoms with Crippen molar-refractivity contribution in [3.05, 3.63) is 29.8 Å². The lowest BCUT2D eigenvalue weighted by Crippen LogP contribution is -2.42. The van der Waals surface area contributed by atoms with Crippen molar-refractivity contribution in [2.75, 3.05) is 11.9 Å². The van der Waals surface area contributed by atoms with Crippen LogP contribution in [0.5, 0.6) is 0 Å². The Morgan fingerprint density at radius 2 is 2.26 bits per heavy atom. The zero-order valence-corrected chi connectivity index (χ0v) is 12.9. The van der Waals surface area contributed by atoms with Gasteiger partial charge in [-0.2, -0.15) is 0 Å². The number of benzene rings is 1. The lowest BCUT2D eigenvalue weighted by molar-refractivity contribution is -0.107. The molecule has 4 rings (SSSR count). The maximum absolute atomic E-state index is 12.5. The van der Waals surface area contributed by atoms with Gasteiger partial charge in [-0.05, 0) is 37.5 Å². The van der Waals surface area contributed by atoms with E-state index < -0.39 is 0 Å². The molecule has 0 aliphatic carbocycles. The van der Waals surface area contributed by atoms with Crippen LogP contribution in [0.1, 0.15) is 29.6 Å². The molecule has 2 amide bonds. The van der Waals surface area contributed by atoms with E-state index in [4.69, 9.17) is 4.42 Å². The van der Waals surface area contributed by atoms with E-state index in [2.05, 4.69) is 10.6 Å². The van der Waals surface area contributed by atoms with Crippen LogP contribution in [0.25, 0.3) is 11.0 Å². The third-order valence-electron chi connectivity index (χ3n) is 4.89. The lowest BCUT2D eigenvalue weighted by Gasteiger charge is -2.21. The van der Waals surface area contributed by atoms with Crippen molar-refractivity contribution in [3.8, 4) is 0 Å². The molecule has 2 aliphatic heterocycles. The molecule has 3 atom stereocenters. The molecule has 2 aliphatic rings. The predicted molar refractivity (Wildman–Crippen MR) is 86.5 cm³/mol. The van der Waals surface area contributed by atoms with Crippen LogP contribution >= 0.6 is 0 Å². The molecule has 0 unspecified atom stereocenters. The minimum atomic E-state index is -0.0576. The van der Waals surface area contributed by atoms with Gasteiger partial charge in [-0.1, -0.05) is 0 Å². The van der Waals surface area contributed by atoms with Gasteiger partial charge in [0.15, 0.2) is 0 Å². The van der Waals surface area contributed by atoms with Crippen LogP contribution in [0, 0.1) is 0 Å². The number of carbonyl (C=O) groups excluding carboxylic acids is 2. The molecular weight excluding hydrogens is 294 g/mol. The van der Waals surface area contributed by atoms with Crippen LogP contribution in [0.2, 0.25) is 0 Å². The highest BCUT2D eigenvalue weighted by Crippen LogP contribution is 2.29. The number of rotatable bonds is 4. The van der Waals surface area contributed by atoms with Crippen LogP contribution in [0.3, 0.4) is 0 Å². The third-order valence-corrected chi connectivity index (χ3v) is 4.89. The predicted octanol–water partition coefficient (Wildman–Crippen LogP) is 1.65. The van der Waals surface area contributed by atoms with E-state index in [0.717, 1.165) is 18.2 Å². The van der Waals surface area contributed by atoms with Crippen LogP contribution < -0.4 is 15.5 Å². The first-order valence-corrected chi connectivity index (χ1v) is 7.92. The first-order valence-electron chi connectivity index (χ1n) is 7.92. The van der Waals surface area contributed by atoms with Gasteiger partial charge in [0.05, 0.1) is 0 Å². The number of carbonyl (C=O) groups is 2. The molecule has 2 aromatic rings. The highest BCUT2D eigenvalue weighted by molar-refractivity contribution is 5.98. The van der Waals surface area contributed by atoms with Gasteiger partial charge in [0.25, 0.3) is 5.91 Å². The Hall–Kier alpha value is -2.34. The van der Waals surface area contributed by atoms with E-state index in [0.29, 0.717) is 35.5 Å². The second kappa shape index (κ2) is 5.38. The first-order chi connectivity index (χ1) is 11.1. The number of nitrogens with one attached hydrogen (secondary N) is 2. The highest BCUT2D eigenvalue weighted by Gasteiger charge is 2.39. The van der Waals surface area contributed by atoms with Crippen molar-refractivity contribution >= 4 is 29.2 Å². The summed E-state index contributed by atoms with van der Waals surface area (Å²) >= 11 is 0. The second-order valence-corrected chi connectivity index (χ2v) is 6.42. The zero-order chi connectivity index (χ0) is 16.0. The molecule has 2 fully saturated rings. The molecule has 2 saturated heterocycles. The van der Waals surface area contributed by atoms with Gasteiger partial charge in [0, 0.05) is 42.2 Å². The van der Waals surface area contributed by atoms with Gasteiger partial charge in [0.2, 0.25) is 12.3 Å². The molecule has 6 nitrogen and oxygen atoms in total. The summed E-state index contributed by atoms with van der Waals surface area (Å²) in [7, 11) is 1.63. The van der Waals surface area contributed by atoms with Gasteiger partial charge in [-0.25, -0.2) is 0 Å². The monoisotopic (exact) mass is 313 g/mol. The van der Waals surface area contributed by atoms with Crippen molar-refractivity contribution in [2.45, 2.75) is 37.4 Å². The summed E-state index contributed by atoms with van der Waals surface area (Å²) in [5, 5.41) is 7.46. The Morgan fingerprint density at radius 3 is 2.96 bits per heavy atom. The number of furan rings is 1. The maximum atomic E-state index is 12.5. The number of fused-ring (bicyclic) bond motifs is 3. The summed E-state index contributed by atoms with van der Waals surface area (Å²) < 4.78 is 5.58. The zero-order valence-electron chi connectivity index (χ0n) is 12.9. The van der Waals surface area contributed by atoms with E-state index in [9.17, 15) is 9.59 Å². The summed E-state index contributed by atoms with van der Waals surface area (Å²) in [6, 6.07) is 8.28. The summed E-state index contributed by atoms with van der Waals surface area (Å²) in [6.45, 7) is 0. The molecule has 3 heterocycles. The van der Waals surface area contributed by atoms with Crippen LogP contribution in [0.4, 0.5) is 5.88 Å². The fourth-order valence-corrected chi connectivity index (χ4v) is 3.63. The summed E-state index contributed by atoms with van der Waals surface area (Å²) in [5.74, 6) is 0.405. The average Bonchev–Trinajstić information content (AvgIpc) is 3.27. The van der Waals surface area contributed by atoms with Crippen LogP contribution in [0.15, 0.2) is 28.7 Å². The fourth-order valence-electron chi connectivity index (χ4n) is 3.63. The second-order valence-electron chi connectivity index (χ2n) is 6.42. The molecule has 2 N–H and O–H groups in total. The van der Waals surface area contributed by atoms with Crippen LogP contribution in [-0.4, -0.2) is 37.5 Å². The van der Waals surface area contributed by atoms with Crippen molar-refractivity contribution in [1.82, 2.24) is 10.6 Å². The molecule has 0 radical (unpaired) electrons. The Kier molecular flexibility index (Phi) is 3.34. The van der Waals surface area contributed by atoms with Gasteiger partial charge >= 0.3 is 0 Å². The topological polar surface area (TPSA) is 74.6 Å². The SMILES string of the molecule is CN(C=O)c1cc2cc(C(=O)N[C@@H]3C[C@H]4CC[C@@H]3N4)ccc2o1. The minimum absolute atomic E-state index is 0.0576. The van der Waals surface area contributed by atoms with Crippen molar-refractivity contribution in [2.24, 2.45) is 0 Å². The molecule has 0 saturated carbocycles. The highest BCUT2D eigenvalue weighted by atomic mass is 16.4. The molecule has 120 valence electrons. The van der Waals surface area contributed by atoms with E-state index in [1.807, 2.05) is 0 Å².